The van der Waals surface area contributed by atoms with Crippen LogP contribution in [-0.4, -0.2) is 40.2 Å². The van der Waals surface area contributed by atoms with Crippen LogP contribution in [0.25, 0.3) is 0 Å². The number of ketones is 2. The third-order valence-corrected chi connectivity index (χ3v) is 7.15. The number of carbonyl (C=O) groups excluding carboxylic acids is 3. The lowest BCUT2D eigenvalue weighted by Gasteiger charge is -2.10. The molecule has 1 fully saturated rings. The maximum atomic E-state index is 12.9. The average molecular weight is 507 g/mol. The molecule has 1 saturated heterocycles. The Labute approximate surface area is 212 Å². The van der Waals surface area contributed by atoms with Crippen LogP contribution in [0.4, 0.5) is 16.2 Å². The number of urea groups is 1. The molecule has 2 amide bonds. The van der Waals surface area contributed by atoms with E-state index in [0.717, 1.165) is 15.4 Å². The van der Waals surface area contributed by atoms with Gasteiger partial charge in [-0.3, -0.25) is 14.4 Å². The number of aromatic nitrogens is 1. The Morgan fingerprint density at radius 1 is 1.08 bits per heavy atom. The molecule has 10 heteroatoms. The number of anilines is 2. The van der Waals surface area contributed by atoms with E-state index in [0.29, 0.717) is 30.8 Å². The van der Waals surface area contributed by atoms with Crippen LogP contribution in [-0.2, 0) is 16.0 Å². The standard InChI is InChI=1S/C26H26N4O5S/c1-15-4-2-3-5-20(15)30-26(35)29-18-8-6-16(7-9-18)23(33)24(34)17-12-21(27-13-17)25-28-14-19(36-25)10-11-22(31)32/h2-9,14,17,21,27H,10-13H2,1H3,(H,31,32)(H2,29,30,35). The average Bonchev–Trinajstić information content (AvgIpc) is 3.54. The first-order chi connectivity index (χ1) is 17.3. The summed E-state index contributed by atoms with van der Waals surface area (Å²) in [5, 5.41) is 18.4. The molecule has 9 nitrogen and oxygen atoms in total. The largest absolute Gasteiger partial charge is 0.481 e. The van der Waals surface area contributed by atoms with Crippen LogP contribution < -0.4 is 16.0 Å². The minimum absolute atomic E-state index is 0.0427. The predicted octanol–water partition coefficient (Wildman–Crippen LogP) is 4.22. The number of carbonyl (C=O) groups is 4. The first-order valence-electron chi connectivity index (χ1n) is 11.5. The molecule has 0 aliphatic carbocycles. The fourth-order valence-electron chi connectivity index (χ4n) is 3.98. The Bertz CT molecular complexity index is 1290. The number of para-hydroxylation sites is 1. The SMILES string of the molecule is Cc1ccccc1NC(=O)Nc1ccc(C(=O)C(=O)C2CNC(c3ncc(CCC(=O)O)s3)C2)cc1. The van der Waals surface area contributed by atoms with Crippen molar-refractivity contribution in [2.45, 2.75) is 32.2 Å². The topological polar surface area (TPSA) is 137 Å². The number of carboxylic acid groups (broad SMARTS) is 1. The number of carboxylic acids is 1. The quantitative estimate of drug-likeness (QED) is 0.252. The molecule has 0 saturated carbocycles. The van der Waals surface area contributed by atoms with Crippen LogP contribution in [0.1, 0.15) is 44.7 Å². The Morgan fingerprint density at radius 3 is 2.56 bits per heavy atom. The third kappa shape index (κ3) is 6.21. The number of nitrogens with zero attached hydrogens (tertiary/aromatic N) is 1. The van der Waals surface area contributed by atoms with Crippen molar-refractivity contribution in [3.05, 3.63) is 75.7 Å². The van der Waals surface area contributed by atoms with Crippen LogP contribution in [0, 0.1) is 12.8 Å². The summed E-state index contributed by atoms with van der Waals surface area (Å²) in [7, 11) is 0. The van der Waals surface area contributed by atoms with Crippen molar-refractivity contribution in [2.24, 2.45) is 5.92 Å². The molecule has 2 unspecified atom stereocenters. The zero-order chi connectivity index (χ0) is 25.7. The molecule has 4 rings (SSSR count). The van der Waals surface area contributed by atoms with Crippen molar-refractivity contribution >= 4 is 46.3 Å². The maximum absolute atomic E-state index is 12.9. The van der Waals surface area contributed by atoms with Gasteiger partial charge in [-0.2, -0.15) is 0 Å². The van der Waals surface area contributed by atoms with Gasteiger partial charge in [-0.15, -0.1) is 11.3 Å². The summed E-state index contributed by atoms with van der Waals surface area (Å²) >= 11 is 1.43. The first kappa shape index (κ1) is 25.2. The number of rotatable bonds is 9. The van der Waals surface area contributed by atoms with E-state index in [-0.39, 0.29) is 18.0 Å². The highest BCUT2D eigenvalue weighted by Crippen LogP contribution is 2.31. The lowest BCUT2D eigenvalue weighted by atomic mass is 9.94. The van der Waals surface area contributed by atoms with Crippen LogP contribution >= 0.6 is 11.3 Å². The Morgan fingerprint density at radius 2 is 1.83 bits per heavy atom. The highest BCUT2D eigenvalue weighted by Gasteiger charge is 2.35. The minimum Gasteiger partial charge on any atom is -0.481 e. The van der Waals surface area contributed by atoms with E-state index >= 15 is 0 Å². The summed E-state index contributed by atoms with van der Waals surface area (Å²) in [5.74, 6) is -2.36. The predicted molar refractivity (Wildman–Crippen MR) is 137 cm³/mol. The number of nitrogens with one attached hydrogen (secondary N) is 3. The van der Waals surface area contributed by atoms with Gasteiger partial charge in [0.15, 0.2) is 0 Å². The van der Waals surface area contributed by atoms with Gasteiger partial charge in [0.1, 0.15) is 5.01 Å². The normalized spacial score (nSPS) is 16.9. The number of Topliss-reactive ketones (excluding diaryl/α,β-unsaturated/α-hetero) is 2. The van der Waals surface area contributed by atoms with Gasteiger partial charge in [0, 0.05) is 40.5 Å². The zero-order valence-electron chi connectivity index (χ0n) is 19.6. The molecule has 0 bridgehead atoms. The second-order valence-corrected chi connectivity index (χ2v) is 9.76. The Hall–Kier alpha value is -3.89. The van der Waals surface area contributed by atoms with Crippen LogP contribution in [0.3, 0.4) is 0 Å². The van der Waals surface area contributed by atoms with E-state index in [4.69, 9.17) is 5.11 Å². The molecule has 36 heavy (non-hydrogen) atoms. The maximum Gasteiger partial charge on any atom is 0.323 e. The van der Waals surface area contributed by atoms with Gasteiger partial charge in [0.25, 0.3) is 0 Å². The van der Waals surface area contributed by atoms with Gasteiger partial charge >= 0.3 is 12.0 Å². The van der Waals surface area contributed by atoms with E-state index in [1.807, 2.05) is 25.1 Å². The van der Waals surface area contributed by atoms with Crippen molar-refractivity contribution < 1.29 is 24.3 Å². The summed E-state index contributed by atoms with van der Waals surface area (Å²) in [5.41, 5.74) is 2.39. The second-order valence-electron chi connectivity index (χ2n) is 8.62. The molecule has 4 N–H and O–H groups in total. The summed E-state index contributed by atoms with van der Waals surface area (Å²) in [6, 6.07) is 13.1. The smallest absolute Gasteiger partial charge is 0.323 e. The van der Waals surface area contributed by atoms with Crippen molar-refractivity contribution in [1.82, 2.24) is 10.3 Å². The molecule has 0 spiro atoms. The second kappa shape index (κ2) is 11.2. The van der Waals surface area contributed by atoms with E-state index < -0.39 is 29.5 Å². The van der Waals surface area contributed by atoms with Gasteiger partial charge in [-0.05, 0) is 55.7 Å². The summed E-state index contributed by atoms with van der Waals surface area (Å²) in [6.45, 7) is 2.27. The van der Waals surface area contributed by atoms with Crippen molar-refractivity contribution in [1.29, 1.82) is 0 Å². The number of aryl methyl sites for hydroxylation is 2. The first-order valence-corrected chi connectivity index (χ1v) is 12.3. The third-order valence-electron chi connectivity index (χ3n) is 5.98. The van der Waals surface area contributed by atoms with E-state index in [9.17, 15) is 19.2 Å². The van der Waals surface area contributed by atoms with E-state index in [1.54, 1.807) is 24.4 Å². The van der Waals surface area contributed by atoms with Gasteiger partial charge in [-0.25, -0.2) is 9.78 Å². The van der Waals surface area contributed by atoms with Crippen LogP contribution in [0.5, 0.6) is 0 Å². The fraction of sp³-hybridized carbons (Fsp3) is 0.269. The lowest BCUT2D eigenvalue weighted by Crippen LogP contribution is -2.25. The number of hydrogen-bond acceptors (Lipinski definition) is 7. The van der Waals surface area contributed by atoms with Gasteiger partial charge < -0.3 is 21.1 Å². The van der Waals surface area contributed by atoms with Gasteiger partial charge in [-0.1, -0.05) is 18.2 Å². The molecule has 0 radical (unpaired) electrons. The summed E-state index contributed by atoms with van der Waals surface area (Å²) in [4.78, 5) is 53.9. The molecule has 1 aliphatic heterocycles. The molecular weight excluding hydrogens is 480 g/mol. The molecule has 2 heterocycles. The fourth-order valence-corrected chi connectivity index (χ4v) is 4.99. The lowest BCUT2D eigenvalue weighted by molar-refractivity contribution is -0.136. The molecule has 186 valence electrons. The van der Waals surface area contributed by atoms with Gasteiger partial charge in [0.2, 0.25) is 11.6 Å². The van der Waals surface area contributed by atoms with Crippen LogP contribution in [0.15, 0.2) is 54.7 Å². The highest BCUT2D eigenvalue weighted by atomic mass is 32.1. The molecule has 1 aromatic heterocycles. The number of hydrogen-bond donors (Lipinski definition) is 4. The Balaban J connectivity index is 1.31. The van der Waals surface area contributed by atoms with E-state index in [2.05, 4.69) is 20.9 Å². The van der Waals surface area contributed by atoms with Crippen molar-refractivity contribution in [3.8, 4) is 0 Å². The van der Waals surface area contributed by atoms with Crippen molar-refractivity contribution in [2.75, 3.05) is 17.2 Å². The van der Waals surface area contributed by atoms with Crippen LogP contribution in [0.2, 0.25) is 0 Å². The zero-order valence-corrected chi connectivity index (χ0v) is 20.4. The Kier molecular flexibility index (Phi) is 7.87. The monoisotopic (exact) mass is 506 g/mol. The molecular formula is C26H26N4O5S. The number of amides is 2. The number of aliphatic carboxylic acids is 1. The summed E-state index contributed by atoms with van der Waals surface area (Å²) in [6.07, 6.45) is 2.58. The molecule has 2 atom stereocenters. The molecule has 2 aromatic carbocycles. The highest BCUT2D eigenvalue weighted by molar-refractivity contribution is 7.11. The number of thiazole rings is 1. The van der Waals surface area contributed by atoms with E-state index in [1.165, 1.54) is 23.5 Å². The van der Waals surface area contributed by atoms with Crippen molar-refractivity contribution in [3.63, 3.8) is 0 Å². The minimum atomic E-state index is -0.859. The number of benzene rings is 2. The van der Waals surface area contributed by atoms with Gasteiger partial charge in [0.05, 0.1) is 12.5 Å². The molecule has 3 aromatic rings. The summed E-state index contributed by atoms with van der Waals surface area (Å²) < 4.78 is 0. The molecule has 1 aliphatic rings.